The fourth-order valence-electron chi connectivity index (χ4n) is 5.05. The minimum absolute atomic E-state index is 0.190. The van der Waals surface area contributed by atoms with Crippen LogP contribution in [0.15, 0.2) is 91.0 Å². The van der Waals surface area contributed by atoms with Crippen LogP contribution in [0.2, 0.25) is 0 Å². The van der Waals surface area contributed by atoms with E-state index in [2.05, 4.69) is 22.8 Å². The number of benzene rings is 4. The van der Waals surface area contributed by atoms with E-state index in [0.717, 1.165) is 59.0 Å². The minimum atomic E-state index is -0.190. The van der Waals surface area contributed by atoms with Crippen molar-refractivity contribution in [1.82, 2.24) is 5.32 Å². The van der Waals surface area contributed by atoms with Gasteiger partial charge in [0.25, 0.3) is 5.91 Å². The minimum Gasteiger partial charge on any atom is -0.497 e. The second-order valence-electron chi connectivity index (χ2n) is 9.99. The lowest BCUT2D eigenvalue weighted by atomic mass is 10.0. The van der Waals surface area contributed by atoms with Crippen LogP contribution >= 0.6 is 0 Å². The summed E-state index contributed by atoms with van der Waals surface area (Å²) in [5.41, 5.74) is 5.16. The van der Waals surface area contributed by atoms with E-state index in [1.165, 1.54) is 19.3 Å². The monoisotopic (exact) mass is 536 g/mol. The van der Waals surface area contributed by atoms with E-state index in [-0.39, 0.29) is 5.91 Å². The maximum absolute atomic E-state index is 13.1. The predicted octanol–water partition coefficient (Wildman–Crippen LogP) is 7.20. The number of methoxy groups -OCH3 is 2. The Hall–Kier alpha value is -4.29. The third-order valence-corrected chi connectivity index (χ3v) is 7.32. The fourth-order valence-corrected chi connectivity index (χ4v) is 5.05. The molecule has 1 saturated heterocycles. The first kappa shape index (κ1) is 27.3. The molecule has 1 amide bonds. The van der Waals surface area contributed by atoms with Gasteiger partial charge in [-0.1, -0.05) is 42.8 Å². The van der Waals surface area contributed by atoms with Crippen LogP contribution in [0.1, 0.15) is 36.0 Å². The van der Waals surface area contributed by atoms with Crippen LogP contribution in [0.4, 0.5) is 5.69 Å². The summed E-state index contributed by atoms with van der Waals surface area (Å²) in [6.45, 7) is 1.84. The summed E-state index contributed by atoms with van der Waals surface area (Å²) in [5, 5.41) is 6.57. The van der Waals surface area contributed by atoms with Crippen LogP contribution in [-0.2, 0) is 0 Å². The Morgan fingerprint density at radius 2 is 1.60 bits per heavy atom. The second-order valence-corrected chi connectivity index (χ2v) is 9.99. The first-order valence-electron chi connectivity index (χ1n) is 13.8. The largest absolute Gasteiger partial charge is 0.497 e. The van der Waals surface area contributed by atoms with Crippen molar-refractivity contribution in [2.45, 2.75) is 31.7 Å². The van der Waals surface area contributed by atoms with Gasteiger partial charge in [-0.3, -0.25) is 4.79 Å². The van der Waals surface area contributed by atoms with E-state index in [0.29, 0.717) is 17.4 Å². The summed E-state index contributed by atoms with van der Waals surface area (Å²) in [4.78, 5) is 13.1. The maximum atomic E-state index is 13.1. The molecule has 4 aromatic rings. The van der Waals surface area contributed by atoms with Gasteiger partial charge in [-0.15, -0.1) is 0 Å². The van der Waals surface area contributed by atoms with Crippen molar-refractivity contribution < 1.29 is 19.0 Å². The molecule has 5 rings (SSSR count). The zero-order chi connectivity index (χ0) is 27.7. The predicted molar refractivity (Wildman–Crippen MR) is 161 cm³/mol. The molecule has 1 fully saturated rings. The fraction of sp³-hybridized carbons (Fsp3) is 0.265. The molecule has 1 aliphatic rings. The quantitative estimate of drug-likeness (QED) is 0.224. The number of carbonyl (C=O) groups excluding carboxylic acids is 1. The topological polar surface area (TPSA) is 68.8 Å². The van der Waals surface area contributed by atoms with Gasteiger partial charge in [0.05, 0.1) is 20.8 Å². The van der Waals surface area contributed by atoms with Crippen LogP contribution in [0.3, 0.4) is 0 Å². The van der Waals surface area contributed by atoms with Crippen LogP contribution in [0.5, 0.6) is 17.2 Å². The molecule has 0 aromatic heterocycles. The Bertz CT molecular complexity index is 1410. The van der Waals surface area contributed by atoms with Gasteiger partial charge < -0.3 is 24.8 Å². The number of amides is 1. The second kappa shape index (κ2) is 13.2. The number of ether oxygens (including phenoxy) is 3. The summed E-state index contributed by atoms with van der Waals surface area (Å²) in [6, 6.07) is 29.7. The number of anilines is 1. The Balaban J connectivity index is 1.20. The molecule has 4 aromatic carbocycles. The standard InChI is InChI=1S/C34H36N2O4/c1-38-31-8-5-6-26(22-31)32-23-27(13-18-33(32)39-2)34(37)36-29-14-9-24(10-15-29)25-11-16-30(17-12-25)40-21-19-28-7-3-4-20-35-28/h5-6,8-18,22-23,28,35H,3-4,7,19-21H2,1-2H3,(H,36,37). The molecule has 0 saturated carbocycles. The first-order chi connectivity index (χ1) is 19.6. The molecular formula is C34H36N2O4. The van der Waals surface area contributed by atoms with Crippen molar-refractivity contribution in [3.63, 3.8) is 0 Å². The highest BCUT2D eigenvalue weighted by molar-refractivity contribution is 6.05. The Labute approximate surface area is 236 Å². The summed E-state index contributed by atoms with van der Waals surface area (Å²) in [6.07, 6.45) is 4.86. The van der Waals surface area contributed by atoms with Crippen molar-refractivity contribution in [3.8, 4) is 39.5 Å². The van der Waals surface area contributed by atoms with Gasteiger partial charge in [0.2, 0.25) is 0 Å². The van der Waals surface area contributed by atoms with Crippen LogP contribution in [0.25, 0.3) is 22.3 Å². The lowest BCUT2D eigenvalue weighted by molar-refractivity contribution is 0.102. The van der Waals surface area contributed by atoms with Crippen LogP contribution in [-0.4, -0.2) is 39.3 Å². The van der Waals surface area contributed by atoms with Gasteiger partial charge >= 0.3 is 0 Å². The SMILES string of the molecule is COc1cccc(-c2cc(C(=O)Nc3ccc(-c4ccc(OCCC5CCCCN5)cc4)cc3)ccc2OC)c1. The average Bonchev–Trinajstić information content (AvgIpc) is 3.02. The number of nitrogens with one attached hydrogen (secondary N) is 2. The first-order valence-corrected chi connectivity index (χ1v) is 13.8. The molecule has 6 nitrogen and oxygen atoms in total. The molecule has 1 heterocycles. The average molecular weight is 537 g/mol. The van der Waals surface area contributed by atoms with E-state index in [1.807, 2.05) is 72.8 Å². The molecule has 0 aliphatic carbocycles. The summed E-state index contributed by atoms with van der Waals surface area (Å²) in [7, 11) is 3.25. The lowest BCUT2D eigenvalue weighted by Crippen LogP contribution is -2.35. The Morgan fingerprint density at radius 3 is 2.30 bits per heavy atom. The summed E-state index contributed by atoms with van der Waals surface area (Å²) >= 11 is 0. The van der Waals surface area contributed by atoms with Crippen molar-refractivity contribution in [2.24, 2.45) is 0 Å². The normalized spacial score (nSPS) is 14.8. The van der Waals surface area contributed by atoms with E-state index >= 15 is 0 Å². The highest BCUT2D eigenvalue weighted by atomic mass is 16.5. The molecule has 40 heavy (non-hydrogen) atoms. The molecule has 206 valence electrons. The molecular weight excluding hydrogens is 500 g/mol. The number of rotatable bonds is 10. The number of piperidine rings is 1. The van der Waals surface area contributed by atoms with Gasteiger partial charge in [-0.2, -0.15) is 0 Å². The van der Waals surface area contributed by atoms with Crippen molar-refractivity contribution in [2.75, 3.05) is 32.7 Å². The molecule has 0 bridgehead atoms. The third kappa shape index (κ3) is 6.82. The number of carbonyl (C=O) groups is 1. The highest BCUT2D eigenvalue weighted by Crippen LogP contribution is 2.33. The zero-order valence-electron chi connectivity index (χ0n) is 23.1. The lowest BCUT2D eigenvalue weighted by Gasteiger charge is -2.23. The van der Waals surface area contributed by atoms with Gasteiger partial charge in [0, 0.05) is 22.9 Å². The van der Waals surface area contributed by atoms with E-state index in [4.69, 9.17) is 14.2 Å². The summed E-state index contributed by atoms with van der Waals surface area (Å²) < 4.78 is 16.9. The third-order valence-electron chi connectivity index (χ3n) is 7.32. The molecule has 6 heteroatoms. The summed E-state index contributed by atoms with van der Waals surface area (Å²) in [5.74, 6) is 2.12. The molecule has 1 atom stereocenters. The highest BCUT2D eigenvalue weighted by Gasteiger charge is 2.14. The van der Waals surface area contributed by atoms with Gasteiger partial charge in [-0.25, -0.2) is 0 Å². The number of hydrogen-bond donors (Lipinski definition) is 2. The van der Waals surface area contributed by atoms with Crippen LogP contribution in [0, 0.1) is 0 Å². The van der Waals surface area contributed by atoms with Gasteiger partial charge in [-0.05, 0) is 97.1 Å². The van der Waals surface area contributed by atoms with Crippen molar-refractivity contribution in [1.29, 1.82) is 0 Å². The molecule has 1 unspecified atom stereocenters. The zero-order valence-corrected chi connectivity index (χ0v) is 23.1. The van der Waals surface area contributed by atoms with Gasteiger partial charge in [0.1, 0.15) is 17.2 Å². The van der Waals surface area contributed by atoms with Gasteiger partial charge in [0.15, 0.2) is 0 Å². The smallest absolute Gasteiger partial charge is 0.255 e. The van der Waals surface area contributed by atoms with E-state index in [1.54, 1.807) is 20.3 Å². The molecule has 0 spiro atoms. The van der Waals surface area contributed by atoms with Crippen molar-refractivity contribution >= 4 is 11.6 Å². The Morgan fingerprint density at radius 1 is 0.825 bits per heavy atom. The molecule has 1 aliphatic heterocycles. The van der Waals surface area contributed by atoms with E-state index < -0.39 is 0 Å². The molecule has 0 radical (unpaired) electrons. The maximum Gasteiger partial charge on any atom is 0.255 e. The van der Waals surface area contributed by atoms with Crippen LogP contribution < -0.4 is 24.8 Å². The van der Waals surface area contributed by atoms with Crippen molar-refractivity contribution in [3.05, 3.63) is 96.6 Å². The molecule has 2 N–H and O–H groups in total. The Kier molecular flexibility index (Phi) is 8.99. The number of hydrogen-bond acceptors (Lipinski definition) is 5. The van der Waals surface area contributed by atoms with E-state index in [9.17, 15) is 4.79 Å².